The summed E-state index contributed by atoms with van der Waals surface area (Å²) in [4.78, 5) is 40.8. The third kappa shape index (κ3) is 5.69. The lowest BCUT2D eigenvalue weighted by molar-refractivity contribution is 0.0978. The third-order valence-electron chi connectivity index (χ3n) is 10.4. The Bertz CT molecular complexity index is 2250. The van der Waals surface area contributed by atoms with Crippen molar-refractivity contribution in [2.24, 2.45) is 9.98 Å². The van der Waals surface area contributed by atoms with E-state index < -0.39 is 0 Å². The Morgan fingerprint density at radius 2 is 1.09 bits per heavy atom. The number of nitrogens with zero attached hydrogens (tertiary/aromatic N) is 4. The molecular formula is C43H37N5O6. The second-order valence-electron chi connectivity index (χ2n) is 13.6. The quantitative estimate of drug-likeness (QED) is 0.168. The molecule has 2 atom stereocenters. The van der Waals surface area contributed by atoms with Gasteiger partial charge in [0.25, 0.3) is 11.8 Å². The molecule has 0 radical (unpaired) electrons. The number of rotatable bonds is 9. The van der Waals surface area contributed by atoms with Gasteiger partial charge in [0.05, 0.1) is 48.8 Å². The number of para-hydroxylation sites is 2. The van der Waals surface area contributed by atoms with Crippen LogP contribution in [0.3, 0.4) is 0 Å². The standard InChI is InChI=1S/C43H37N5O6/c1-44-29-13-25(23-53-40-19-34-32(17-38(40)51-2)42(49)47-30(21-45-34)15-27-8-4-6-10-36(27)47)12-26(14-29)24-54-41-20-35-33(18-39(41)52-3)43(50)48-31(22-46-35)16-28-9-5-7-11-37(28)48/h4-14,17-22,30-31,44H,15-16,23-24H2,1-3H3/t30-,31-/m0/s1. The maximum atomic E-state index is 13.8. The Hall–Kier alpha value is -6.62. The van der Waals surface area contributed by atoms with Crippen LogP contribution in [0.1, 0.15) is 43.0 Å². The third-order valence-corrected chi connectivity index (χ3v) is 10.4. The van der Waals surface area contributed by atoms with Crippen molar-refractivity contribution >= 4 is 52.7 Å². The highest BCUT2D eigenvalue weighted by molar-refractivity contribution is 6.15. The summed E-state index contributed by atoms with van der Waals surface area (Å²) in [6, 6.07) is 28.6. The zero-order chi connectivity index (χ0) is 36.9. The van der Waals surface area contributed by atoms with Crippen molar-refractivity contribution in [2.45, 2.75) is 38.1 Å². The maximum Gasteiger partial charge on any atom is 0.261 e. The van der Waals surface area contributed by atoms with Gasteiger partial charge in [-0.15, -0.1) is 0 Å². The molecule has 0 aromatic heterocycles. The molecule has 0 unspecified atom stereocenters. The maximum absolute atomic E-state index is 13.8. The number of hydrogen-bond donors (Lipinski definition) is 1. The van der Waals surface area contributed by atoms with Gasteiger partial charge in [-0.1, -0.05) is 36.4 Å². The number of anilines is 3. The summed E-state index contributed by atoms with van der Waals surface area (Å²) < 4.78 is 24.1. The van der Waals surface area contributed by atoms with Crippen molar-refractivity contribution in [3.05, 3.63) is 124 Å². The van der Waals surface area contributed by atoms with Gasteiger partial charge in [-0.25, -0.2) is 0 Å². The minimum absolute atomic E-state index is 0.121. The molecule has 11 nitrogen and oxygen atoms in total. The molecule has 0 aliphatic carbocycles. The number of aliphatic imine (C=N–C) groups is 2. The minimum Gasteiger partial charge on any atom is -0.493 e. The van der Waals surface area contributed by atoms with Crippen LogP contribution >= 0.6 is 0 Å². The Morgan fingerprint density at radius 3 is 1.54 bits per heavy atom. The molecule has 5 aromatic rings. The summed E-state index contributed by atoms with van der Waals surface area (Å²) in [5, 5.41) is 3.22. The van der Waals surface area contributed by atoms with E-state index in [2.05, 4.69) is 17.4 Å². The van der Waals surface area contributed by atoms with Gasteiger partial charge in [0.2, 0.25) is 0 Å². The number of hydrogen-bond acceptors (Lipinski definition) is 9. The zero-order valence-corrected chi connectivity index (χ0v) is 30.0. The summed E-state index contributed by atoms with van der Waals surface area (Å²) in [5.74, 6) is 1.60. The van der Waals surface area contributed by atoms with Crippen molar-refractivity contribution < 1.29 is 28.5 Å². The van der Waals surface area contributed by atoms with E-state index in [0.29, 0.717) is 45.5 Å². The first-order valence-corrected chi connectivity index (χ1v) is 17.8. The minimum atomic E-state index is -0.153. The van der Waals surface area contributed by atoms with E-state index in [-0.39, 0.29) is 37.1 Å². The number of carbonyl (C=O) groups excluding carboxylic acids is 2. The molecule has 4 heterocycles. The number of benzene rings is 5. The summed E-state index contributed by atoms with van der Waals surface area (Å²) in [6.45, 7) is 0.439. The van der Waals surface area contributed by atoms with Crippen molar-refractivity contribution in [1.82, 2.24) is 0 Å². The number of ether oxygens (including phenoxy) is 4. The summed E-state index contributed by atoms with van der Waals surface area (Å²) in [6.07, 6.45) is 5.12. The monoisotopic (exact) mass is 719 g/mol. The first-order chi connectivity index (χ1) is 26.4. The molecule has 0 bridgehead atoms. The van der Waals surface area contributed by atoms with Crippen molar-refractivity contribution in [2.75, 3.05) is 36.4 Å². The summed E-state index contributed by atoms with van der Waals surface area (Å²) >= 11 is 0. The normalized spacial score (nSPS) is 17.4. The van der Waals surface area contributed by atoms with Gasteiger partial charge in [-0.3, -0.25) is 29.4 Å². The topological polar surface area (TPSA) is 114 Å². The Labute approximate surface area is 312 Å². The molecule has 0 spiro atoms. The molecule has 4 aliphatic rings. The molecule has 2 amide bonds. The van der Waals surface area contributed by atoms with E-state index in [4.69, 9.17) is 28.9 Å². The number of amides is 2. The van der Waals surface area contributed by atoms with Crippen LogP contribution < -0.4 is 34.1 Å². The summed E-state index contributed by atoms with van der Waals surface area (Å²) in [7, 11) is 4.97. The van der Waals surface area contributed by atoms with Crippen molar-refractivity contribution in [1.29, 1.82) is 0 Å². The average molecular weight is 720 g/mol. The molecule has 0 saturated carbocycles. The Kier molecular flexibility index (Phi) is 8.26. The van der Waals surface area contributed by atoms with E-state index in [1.807, 2.05) is 83.9 Å². The number of methoxy groups -OCH3 is 2. The second kappa shape index (κ2) is 13.4. The fourth-order valence-electron chi connectivity index (χ4n) is 7.77. The lowest BCUT2D eigenvalue weighted by Crippen LogP contribution is -2.37. The van der Waals surface area contributed by atoms with Gasteiger partial charge >= 0.3 is 0 Å². The van der Waals surface area contributed by atoms with E-state index in [1.165, 1.54) is 0 Å². The van der Waals surface area contributed by atoms with Gasteiger partial charge < -0.3 is 24.3 Å². The lowest BCUT2D eigenvalue weighted by Gasteiger charge is -2.22. The van der Waals surface area contributed by atoms with Crippen LogP contribution in [0.5, 0.6) is 23.0 Å². The molecule has 1 N–H and O–H groups in total. The van der Waals surface area contributed by atoms with Gasteiger partial charge in [-0.2, -0.15) is 0 Å². The van der Waals surface area contributed by atoms with Crippen LogP contribution in [0.4, 0.5) is 28.4 Å². The molecule has 9 rings (SSSR count). The Balaban J connectivity index is 0.936. The second-order valence-corrected chi connectivity index (χ2v) is 13.6. The fraction of sp³-hybridized carbons (Fsp3) is 0.209. The number of fused-ring (bicyclic) bond motifs is 8. The van der Waals surface area contributed by atoms with Crippen LogP contribution in [-0.4, -0.2) is 57.6 Å². The van der Waals surface area contributed by atoms with Gasteiger partial charge in [0, 0.05) is 61.5 Å². The van der Waals surface area contributed by atoms with Gasteiger partial charge in [0.15, 0.2) is 23.0 Å². The van der Waals surface area contributed by atoms with E-state index in [1.54, 1.807) is 38.5 Å². The highest BCUT2D eigenvalue weighted by Crippen LogP contribution is 2.43. The molecule has 11 heteroatoms. The van der Waals surface area contributed by atoms with Crippen LogP contribution in [-0.2, 0) is 26.1 Å². The summed E-state index contributed by atoms with van der Waals surface area (Å²) in [5.41, 5.74) is 8.71. The molecule has 0 fully saturated rings. The van der Waals surface area contributed by atoms with Crippen molar-refractivity contribution in [3.63, 3.8) is 0 Å². The predicted octanol–water partition coefficient (Wildman–Crippen LogP) is 7.48. The first kappa shape index (κ1) is 33.2. The lowest BCUT2D eigenvalue weighted by atomic mass is 10.1. The fourth-order valence-corrected chi connectivity index (χ4v) is 7.77. The van der Waals surface area contributed by atoms with Crippen LogP contribution in [0.2, 0.25) is 0 Å². The molecule has 270 valence electrons. The Morgan fingerprint density at radius 1 is 0.630 bits per heavy atom. The van der Waals surface area contributed by atoms with Crippen molar-refractivity contribution in [3.8, 4) is 23.0 Å². The predicted molar refractivity (Wildman–Crippen MR) is 208 cm³/mol. The molecule has 4 aliphatic heterocycles. The molecule has 5 aromatic carbocycles. The average Bonchev–Trinajstić information content (AvgIpc) is 3.70. The largest absolute Gasteiger partial charge is 0.493 e. The molecule has 0 saturated heterocycles. The highest BCUT2D eigenvalue weighted by Gasteiger charge is 2.38. The highest BCUT2D eigenvalue weighted by atomic mass is 16.5. The number of nitrogens with one attached hydrogen (secondary N) is 1. The SMILES string of the molecule is CNc1cc(COc2cc3c(cc2OC)C(=O)N2c4ccccc4C[C@H]2C=N3)cc(COc2cc3c(cc2OC)C(=O)N2c4ccccc4C[C@H]2C=N3)c1. The van der Waals surface area contributed by atoms with E-state index in [0.717, 1.165) is 52.2 Å². The van der Waals surface area contributed by atoms with Gasteiger partial charge in [-0.05, 0) is 64.7 Å². The van der Waals surface area contributed by atoms with E-state index >= 15 is 0 Å². The van der Waals surface area contributed by atoms with Crippen LogP contribution in [0, 0.1) is 0 Å². The molecular weight excluding hydrogens is 683 g/mol. The van der Waals surface area contributed by atoms with Crippen LogP contribution in [0.25, 0.3) is 0 Å². The number of carbonyl (C=O) groups is 2. The smallest absolute Gasteiger partial charge is 0.261 e. The van der Waals surface area contributed by atoms with Gasteiger partial charge in [0.1, 0.15) is 13.2 Å². The molecule has 54 heavy (non-hydrogen) atoms. The van der Waals surface area contributed by atoms with Crippen LogP contribution in [0.15, 0.2) is 101 Å². The van der Waals surface area contributed by atoms with E-state index in [9.17, 15) is 9.59 Å². The first-order valence-electron chi connectivity index (χ1n) is 17.8. The zero-order valence-electron chi connectivity index (χ0n) is 30.0.